The minimum atomic E-state index is -3.90. The van der Waals surface area contributed by atoms with E-state index in [-0.39, 0.29) is 35.5 Å². The van der Waals surface area contributed by atoms with Gasteiger partial charge in [0.15, 0.2) is 11.6 Å². The zero-order chi connectivity index (χ0) is 21.9. The molecule has 0 radical (unpaired) electrons. The van der Waals surface area contributed by atoms with Crippen molar-refractivity contribution in [2.24, 2.45) is 5.92 Å². The van der Waals surface area contributed by atoms with Crippen LogP contribution in [0.5, 0.6) is 5.75 Å². The molecule has 2 aromatic rings. The highest BCUT2D eigenvalue weighted by atomic mass is 32.2. The first kappa shape index (κ1) is 21.7. The molecule has 11 heteroatoms. The van der Waals surface area contributed by atoms with Crippen LogP contribution >= 0.6 is 0 Å². The number of benzene rings is 1. The molecule has 1 amide bonds. The van der Waals surface area contributed by atoms with Crippen molar-refractivity contribution in [3.8, 4) is 5.75 Å². The van der Waals surface area contributed by atoms with Crippen LogP contribution in [-0.4, -0.2) is 48.7 Å². The number of amides is 1. The number of nitro groups is 1. The number of non-ortho nitro benzene ring substituents is 1. The summed E-state index contributed by atoms with van der Waals surface area (Å²) in [5.74, 6) is 0.115. The number of pyridine rings is 1. The van der Waals surface area contributed by atoms with Crippen LogP contribution in [0.25, 0.3) is 0 Å². The topological polar surface area (TPSA) is 132 Å². The van der Waals surface area contributed by atoms with E-state index >= 15 is 0 Å². The van der Waals surface area contributed by atoms with Crippen LogP contribution < -0.4 is 10.1 Å². The summed E-state index contributed by atoms with van der Waals surface area (Å²) in [6.07, 6.45) is 2.19. The third kappa shape index (κ3) is 4.41. The van der Waals surface area contributed by atoms with Gasteiger partial charge in [0.05, 0.1) is 16.9 Å². The number of ether oxygens (including phenoxy) is 1. The highest BCUT2D eigenvalue weighted by molar-refractivity contribution is 7.89. The van der Waals surface area contributed by atoms with Gasteiger partial charge >= 0.3 is 0 Å². The highest BCUT2D eigenvalue weighted by Crippen LogP contribution is 2.29. The molecule has 1 fully saturated rings. The summed E-state index contributed by atoms with van der Waals surface area (Å²) in [7, 11) is -2.42. The van der Waals surface area contributed by atoms with E-state index in [4.69, 9.17) is 4.74 Å². The number of aryl methyl sites for hydroxylation is 1. The van der Waals surface area contributed by atoms with Crippen molar-refractivity contribution in [3.63, 3.8) is 0 Å². The summed E-state index contributed by atoms with van der Waals surface area (Å²) in [4.78, 5) is 27.0. The number of nitrogens with one attached hydrogen (secondary N) is 1. The Morgan fingerprint density at radius 2 is 2.00 bits per heavy atom. The number of aromatic nitrogens is 1. The molecule has 1 saturated heterocycles. The maximum Gasteiger partial charge on any atom is 0.270 e. The molecule has 0 saturated carbocycles. The van der Waals surface area contributed by atoms with Crippen molar-refractivity contribution in [1.82, 2.24) is 9.29 Å². The number of anilines is 1. The summed E-state index contributed by atoms with van der Waals surface area (Å²) >= 11 is 0. The highest BCUT2D eigenvalue weighted by Gasteiger charge is 2.34. The lowest BCUT2D eigenvalue weighted by atomic mass is 9.97. The first-order chi connectivity index (χ1) is 14.2. The van der Waals surface area contributed by atoms with E-state index in [2.05, 4.69) is 10.3 Å². The van der Waals surface area contributed by atoms with Crippen molar-refractivity contribution in [1.29, 1.82) is 0 Å². The first-order valence-corrected chi connectivity index (χ1v) is 10.7. The van der Waals surface area contributed by atoms with Gasteiger partial charge in [0.25, 0.3) is 5.69 Å². The van der Waals surface area contributed by atoms with Crippen LogP contribution in [0.15, 0.2) is 41.4 Å². The molecule has 3 rings (SSSR count). The van der Waals surface area contributed by atoms with Crippen LogP contribution in [0.3, 0.4) is 0 Å². The van der Waals surface area contributed by atoms with E-state index in [0.717, 1.165) is 6.07 Å². The van der Waals surface area contributed by atoms with Crippen molar-refractivity contribution >= 4 is 27.4 Å². The third-order valence-corrected chi connectivity index (χ3v) is 7.10. The SMILES string of the molecule is COc1cccnc1NC(=O)C1CCN(S(=O)(=O)c2cc([N+](=O)[O-])ccc2C)CC1. The molecule has 0 aliphatic carbocycles. The van der Waals surface area contributed by atoms with Crippen LogP contribution in [0.2, 0.25) is 0 Å². The second kappa shape index (κ2) is 8.76. The standard InChI is InChI=1S/C19H22N4O6S/c1-13-5-6-15(23(25)26)12-17(13)30(27,28)22-10-7-14(8-11-22)19(24)21-18-16(29-2)4-3-9-20-18/h3-6,9,12,14H,7-8,10-11H2,1-2H3,(H,20,21,24). The zero-order valence-corrected chi connectivity index (χ0v) is 17.4. The third-order valence-electron chi connectivity index (χ3n) is 5.06. The lowest BCUT2D eigenvalue weighted by molar-refractivity contribution is -0.385. The number of carbonyl (C=O) groups is 1. The Bertz CT molecular complexity index is 1060. The molecular formula is C19H22N4O6S. The Hall–Kier alpha value is -3.05. The number of methoxy groups -OCH3 is 1. The molecule has 160 valence electrons. The number of hydrogen-bond acceptors (Lipinski definition) is 7. The van der Waals surface area contributed by atoms with Crippen molar-refractivity contribution in [3.05, 3.63) is 52.2 Å². The lowest BCUT2D eigenvalue weighted by Gasteiger charge is -2.30. The van der Waals surface area contributed by atoms with Crippen molar-refractivity contribution in [2.75, 3.05) is 25.5 Å². The van der Waals surface area contributed by atoms with E-state index in [0.29, 0.717) is 30.0 Å². The molecule has 10 nitrogen and oxygen atoms in total. The lowest BCUT2D eigenvalue weighted by Crippen LogP contribution is -2.41. The molecule has 2 heterocycles. The predicted octanol–water partition coefficient (Wildman–Crippen LogP) is 2.35. The fraction of sp³-hybridized carbons (Fsp3) is 0.368. The van der Waals surface area contributed by atoms with E-state index in [9.17, 15) is 23.3 Å². The quantitative estimate of drug-likeness (QED) is 0.545. The van der Waals surface area contributed by atoms with Crippen molar-refractivity contribution in [2.45, 2.75) is 24.7 Å². The molecule has 0 bridgehead atoms. The maximum absolute atomic E-state index is 13.0. The number of hydrogen-bond donors (Lipinski definition) is 1. The second-order valence-electron chi connectivity index (χ2n) is 6.93. The molecule has 1 aromatic heterocycles. The van der Waals surface area contributed by atoms with Gasteiger partial charge in [0.1, 0.15) is 0 Å². The Kier molecular flexibility index (Phi) is 6.32. The number of rotatable bonds is 6. The van der Waals surface area contributed by atoms with Gasteiger partial charge in [-0.1, -0.05) is 6.07 Å². The summed E-state index contributed by atoms with van der Waals surface area (Å²) in [6.45, 7) is 1.88. The average Bonchev–Trinajstić information content (AvgIpc) is 2.74. The van der Waals surface area contributed by atoms with E-state index in [1.54, 1.807) is 19.1 Å². The molecule has 1 N–H and O–H groups in total. The van der Waals surface area contributed by atoms with E-state index < -0.39 is 14.9 Å². The number of carbonyl (C=O) groups excluding carboxylic acids is 1. The normalized spacial score (nSPS) is 15.5. The van der Waals surface area contributed by atoms with Gasteiger partial charge in [0.2, 0.25) is 15.9 Å². The molecule has 0 unspecified atom stereocenters. The molecule has 1 aliphatic heterocycles. The molecule has 0 atom stereocenters. The predicted molar refractivity (Wildman–Crippen MR) is 109 cm³/mol. The first-order valence-electron chi connectivity index (χ1n) is 9.29. The van der Waals surface area contributed by atoms with Gasteiger partial charge < -0.3 is 10.1 Å². The molecule has 1 aliphatic rings. The Labute approximate surface area is 174 Å². The molecule has 0 spiro atoms. The van der Waals surface area contributed by atoms with Crippen molar-refractivity contribution < 1.29 is 22.9 Å². The number of nitro benzene ring substituents is 1. The Balaban J connectivity index is 1.70. The fourth-order valence-electron chi connectivity index (χ4n) is 3.35. The minimum Gasteiger partial charge on any atom is -0.493 e. The van der Waals surface area contributed by atoms with Crippen LogP contribution in [-0.2, 0) is 14.8 Å². The molecule has 1 aromatic carbocycles. The van der Waals surface area contributed by atoms with Gasteiger partial charge in [-0.2, -0.15) is 4.31 Å². The number of nitrogens with zero attached hydrogens (tertiary/aromatic N) is 3. The van der Waals surface area contributed by atoms with Gasteiger partial charge in [-0.3, -0.25) is 14.9 Å². The van der Waals surface area contributed by atoms with Gasteiger partial charge in [0, 0.05) is 37.3 Å². The Morgan fingerprint density at radius 1 is 1.30 bits per heavy atom. The van der Waals surface area contributed by atoms with Crippen LogP contribution in [0.1, 0.15) is 18.4 Å². The smallest absolute Gasteiger partial charge is 0.270 e. The van der Waals surface area contributed by atoms with Gasteiger partial charge in [-0.05, 0) is 37.5 Å². The molecule has 30 heavy (non-hydrogen) atoms. The fourth-order valence-corrected chi connectivity index (χ4v) is 5.06. The monoisotopic (exact) mass is 434 g/mol. The van der Waals surface area contributed by atoms with E-state index in [1.165, 1.54) is 29.7 Å². The summed E-state index contributed by atoms with van der Waals surface area (Å²) in [5.41, 5.74) is 0.153. The largest absolute Gasteiger partial charge is 0.493 e. The van der Waals surface area contributed by atoms with Gasteiger partial charge in [-0.15, -0.1) is 0 Å². The summed E-state index contributed by atoms with van der Waals surface area (Å²) in [5, 5.41) is 13.7. The van der Waals surface area contributed by atoms with Crippen LogP contribution in [0.4, 0.5) is 11.5 Å². The number of piperidine rings is 1. The molecular weight excluding hydrogens is 412 g/mol. The van der Waals surface area contributed by atoms with E-state index in [1.807, 2.05) is 0 Å². The average molecular weight is 434 g/mol. The van der Waals surface area contributed by atoms with Gasteiger partial charge in [-0.25, -0.2) is 13.4 Å². The maximum atomic E-state index is 13.0. The second-order valence-corrected chi connectivity index (χ2v) is 8.84. The Morgan fingerprint density at radius 3 is 2.63 bits per heavy atom. The zero-order valence-electron chi connectivity index (χ0n) is 16.6. The summed E-state index contributed by atoms with van der Waals surface area (Å²) < 4.78 is 32.5. The summed E-state index contributed by atoms with van der Waals surface area (Å²) in [6, 6.07) is 7.14. The van der Waals surface area contributed by atoms with Crippen LogP contribution in [0, 0.1) is 23.0 Å². The number of sulfonamides is 1. The minimum absolute atomic E-state index is 0.0853.